The molecule has 16 heavy (non-hydrogen) atoms. The Balaban J connectivity index is 2.00. The van der Waals surface area contributed by atoms with Gasteiger partial charge in [-0.2, -0.15) is 0 Å². The van der Waals surface area contributed by atoms with Crippen LogP contribution in [0.15, 0.2) is 0 Å². The lowest BCUT2D eigenvalue weighted by molar-refractivity contribution is -0.144. The summed E-state index contributed by atoms with van der Waals surface area (Å²) in [5.41, 5.74) is 0. The van der Waals surface area contributed by atoms with E-state index in [1.54, 1.807) is 0 Å². The van der Waals surface area contributed by atoms with Gasteiger partial charge in [-0.25, -0.2) is 0 Å². The van der Waals surface area contributed by atoms with E-state index >= 15 is 0 Å². The van der Waals surface area contributed by atoms with Crippen molar-refractivity contribution in [2.24, 2.45) is 0 Å². The first kappa shape index (κ1) is 11.1. The van der Waals surface area contributed by atoms with E-state index in [4.69, 9.17) is 0 Å². The lowest BCUT2D eigenvalue weighted by Gasteiger charge is -2.20. The molecule has 2 rings (SSSR count). The van der Waals surface area contributed by atoms with Gasteiger partial charge in [-0.1, -0.05) is 0 Å². The second kappa shape index (κ2) is 4.21. The summed E-state index contributed by atoms with van der Waals surface area (Å²) in [6, 6.07) is -0.609. The van der Waals surface area contributed by atoms with Gasteiger partial charge in [0.2, 0.25) is 11.8 Å². The highest BCUT2D eigenvalue weighted by Crippen LogP contribution is 2.21. The summed E-state index contributed by atoms with van der Waals surface area (Å²) in [5, 5.41) is 2.95. The van der Waals surface area contributed by atoms with Gasteiger partial charge in [0.25, 0.3) is 0 Å². The zero-order chi connectivity index (χ0) is 11.7. The Bertz CT molecular complexity index is 326. The minimum atomic E-state index is -0.406. The number of rotatable bonds is 2. The maximum atomic E-state index is 11.5. The molecule has 0 aromatic heterocycles. The Hall–Kier alpha value is -1.43. The van der Waals surface area contributed by atoms with Crippen LogP contribution in [0, 0.1) is 0 Å². The van der Waals surface area contributed by atoms with E-state index in [-0.39, 0.29) is 36.7 Å². The Morgan fingerprint density at radius 1 is 1.38 bits per heavy atom. The molecule has 2 aliphatic rings. The standard InChI is InChI=1S/C10H14N2O4/c1-16-10(15)7-4-6(5-11-7)12-8(13)2-3-9(12)14/h6-7,11H,2-5H2,1H3/t6-,7-/m0/s1. The number of carbonyl (C=O) groups excluding carboxylic acids is 3. The van der Waals surface area contributed by atoms with Crippen molar-refractivity contribution in [3.8, 4) is 0 Å². The lowest BCUT2D eigenvalue weighted by Crippen LogP contribution is -2.40. The molecule has 0 radical (unpaired) electrons. The van der Waals surface area contributed by atoms with Crippen molar-refractivity contribution < 1.29 is 19.1 Å². The molecule has 2 heterocycles. The predicted octanol–water partition coefficient (Wildman–Crippen LogP) is -0.961. The van der Waals surface area contributed by atoms with Gasteiger partial charge in [-0.3, -0.25) is 19.3 Å². The first-order valence-electron chi connectivity index (χ1n) is 5.29. The molecular weight excluding hydrogens is 212 g/mol. The van der Waals surface area contributed by atoms with Crippen LogP contribution in [0.2, 0.25) is 0 Å². The Labute approximate surface area is 92.9 Å². The van der Waals surface area contributed by atoms with Crippen molar-refractivity contribution in [1.29, 1.82) is 0 Å². The maximum Gasteiger partial charge on any atom is 0.322 e. The van der Waals surface area contributed by atoms with E-state index in [0.717, 1.165) is 0 Å². The summed E-state index contributed by atoms with van der Waals surface area (Å²) in [4.78, 5) is 35.5. The van der Waals surface area contributed by atoms with Gasteiger partial charge < -0.3 is 10.1 Å². The number of hydrogen-bond acceptors (Lipinski definition) is 5. The largest absolute Gasteiger partial charge is 0.468 e. The van der Waals surface area contributed by atoms with E-state index in [2.05, 4.69) is 10.1 Å². The Morgan fingerprint density at radius 2 is 2.00 bits per heavy atom. The third kappa shape index (κ3) is 1.80. The number of nitrogens with one attached hydrogen (secondary N) is 1. The van der Waals surface area contributed by atoms with Gasteiger partial charge in [0, 0.05) is 19.4 Å². The van der Waals surface area contributed by atoms with Gasteiger partial charge >= 0.3 is 5.97 Å². The number of nitrogens with zero attached hydrogens (tertiary/aromatic N) is 1. The second-order valence-corrected chi connectivity index (χ2v) is 4.03. The van der Waals surface area contributed by atoms with Crippen LogP contribution < -0.4 is 5.32 Å². The number of esters is 1. The molecule has 0 bridgehead atoms. The quantitative estimate of drug-likeness (QED) is 0.485. The topological polar surface area (TPSA) is 75.7 Å². The fraction of sp³-hybridized carbons (Fsp3) is 0.700. The molecule has 0 unspecified atom stereocenters. The van der Waals surface area contributed by atoms with Crippen molar-refractivity contribution in [2.45, 2.75) is 31.3 Å². The van der Waals surface area contributed by atoms with Gasteiger partial charge in [0.1, 0.15) is 6.04 Å². The highest BCUT2D eigenvalue weighted by molar-refractivity contribution is 6.02. The fourth-order valence-electron chi connectivity index (χ4n) is 2.24. The minimum absolute atomic E-state index is 0.137. The van der Waals surface area contributed by atoms with E-state index < -0.39 is 6.04 Å². The number of ether oxygens (including phenoxy) is 1. The van der Waals surface area contributed by atoms with Crippen molar-refractivity contribution in [1.82, 2.24) is 10.2 Å². The molecule has 2 atom stereocenters. The van der Waals surface area contributed by atoms with Crippen LogP contribution in [-0.2, 0) is 19.1 Å². The molecule has 6 nitrogen and oxygen atoms in total. The normalized spacial score (nSPS) is 29.9. The molecule has 88 valence electrons. The summed E-state index contributed by atoms with van der Waals surface area (Å²) in [7, 11) is 1.32. The van der Waals surface area contributed by atoms with E-state index in [1.807, 2.05) is 0 Å². The molecule has 6 heteroatoms. The van der Waals surface area contributed by atoms with Crippen LogP contribution in [-0.4, -0.2) is 48.4 Å². The van der Waals surface area contributed by atoms with Gasteiger partial charge in [0.15, 0.2) is 0 Å². The van der Waals surface area contributed by atoms with Crippen LogP contribution in [0.5, 0.6) is 0 Å². The number of methoxy groups -OCH3 is 1. The Kier molecular flexibility index (Phi) is 2.91. The van der Waals surface area contributed by atoms with Crippen molar-refractivity contribution in [3.05, 3.63) is 0 Å². The number of likely N-dealkylation sites (tertiary alicyclic amines) is 1. The molecule has 2 aliphatic heterocycles. The zero-order valence-corrected chi connectivity index (χ0v) is 9.06. The first-order valence-corrected chi connectivity index (χ1v) is 5.29. The SMILES string of the molecule is COC(=O)[C@@H]1C[C@H](N2C(=O)CCC2=O)CN1. The predicted molar refractivity (Wildman–Crippen MR) is 53.3 cm³/mol. The van der Waals surface area contributed by atoms with Crippen molar-refractivity contribution in [2.75, 3.05) is 13.7 Å². The van der Waals surface area contributed by atoms with Crippen LogP contribution in [0.25, 0.3) is 0 Å². The molecule has 0 aromatic carbocycles. The summed E-state index contributed by atoms with van der Waals surface area (Å²) in [5.74, 6) is -0.619. The molecule has 1 N–H and O–H groups in total. The lowest BCUT2D eigenvalue weighted by atomic mass is 10.1. The van der Waals surface area contributed by atoms with E-state index in [0.29, 0.717) is 13.0 Å². The van der Waals surface area contributed by atoms with Crippen LogP contribution in [0.3, 0.4) is 0 Å². The molecule has 2 fully saturated rings. The number of imide groups is 1. The minimum Gasteiger partial charge on any atom is -0.468 e. The van der Waals surface area contributed by atoms with Crippen molar-refractivity contribution in [3.63, 3.8) is 0 Å². The fourth-order valence-corrected chi connectivity index (χ4v) is 2.24. The molecule has 0 aliphatic carbocycles. The molecule has 0 spiro atoms. The molecular formula is C10H14N2O4. The van der Waals surface area contributed by atoms with Crippen LogP contribution in [0.1, 0.15) is 19.3 Å². The van der Waals surface area contributed by atoms with Gasteiger partial charge in [0.05, 0.1) is 13.2 Å². The van der Waals surface area contributed by atoms with Crippen LogP contribution >= 0.6 is 0 Å². The number of carbonyl (C=O) groups is 3. The second-order valence-electron chi connectivity index (χ2n) is 4.03. The van der Waals surface area contributed by atoms with Crippen LogP contribution in [0.4, 0.5) is 0 Å². The molecule has 2 saturated heterocycles. The van der Waals surface area contributed by atoms with Crippen molar-refractivity contribution >= 4 is 17.8 Å². The average Bonchev–Trinajstić information content (AvgIpc) is 2.85. The summed E-state index contributed by atoms with van der Waals surface area (Å²) in [6.07, 6.45) is 1.03. The Morgan fingerprint density at radius 3 is 2.56 bits per heavy atom. The first-order chi connectivity index (χ1) is 7.63. The van der Waals surface area contributed by atoms with E-state index in [9.17, 15) is 14.4 Å². The summed E-state index contributed by atoms with van der Waals surface area (Å²) < 4.78 is 4.61. The third-order valence-corrected chi connectivity index (χ3v) is 3.05. The number of amides is 2. The number of hydrogen-bond donors (Lipinski definition) is 1. The van der Waals surface area contributed by atoms with Gasteiger partial charge in [-0.05, 0) is 6.42 Å². The molecule has 2 amide bonds. The monoisotopic (exact) mass is 226 g/mol. The zero-order valence-electron chi connectivity index (χ0n) is 9.06. The highest BCUT2D eigenvalue weighted by Gasteiger charge is 2.40. The summed E-state index contributed by atoms with van der Waals surface area (Å²) >= 11 is 0. The summed E-state index contributed by atoms with van der Waals surface area (Å²) in [6.45, 7) is 0.469. The third-order valence-electron chi connectivity index (χ3n) is 3.05. The maximum absolute atomic E-state index is 11.5. The van der Waals surface area contributed by atoms with E-state index in [1.165, 1.54) is 12.0 Å². The smallest absolute Gasteiger partial charge is 0.322 e. The average molecular weight is 226 g/mol. The molecule has 0 saturated carbocycles. The molecule has 0 aromatic rings. The highest BCUT2D eigenvalue weighted by atomic mass is 16.5. The van der Waals surface area contributed by atoms with Gasteiger partial charge in [-0.15, -0.1) is 0 Å².